The van der Waals surface area contributed by atoms with Crippen molar-refractivity contribution in [3.8, 4) is 0 Å². The molecule has 0 radical (unpaired) electrons. The number of benzene rings is 2. The first-order valence-corrected chi connectivity index (χ1v) is 9.20. The summed E-state index contributed by atoms with van der Waals surface area (Å²) < 4.78 is 13.6. The van der Waals surface area contributed by atoms with Gasteiger partial charge in [0.15, 0.2) is 0 Å². The van der Waals surface area contributed by atoms with Crippen molar-refractivity contribution in [2.24, 2.45) is 0 Å². The molecule has 0 atom stereocenters. The monoisotopic (exact) mass is 412 g/mol. The lowest BCUT2D eigenvalue weighted by Gasteiger charge is -2.33. The van der Waals surface area contributed by atoms with Crippen LogP contribution in [0.3, 0.4) is 0 Å². The Kier molecular flexibility index (Phi) is 5.61. The molecule has 3 heteroatoms. The first kappa shape index (κ1) is 16.7. The van der Waals surface area contributed by atoms with E-state index in [9.17, 15) is 4.39 Å². The molecular formula is C18H19Br2F. The Morgan fingerprint density at radius 3 is 2.24 bits per heavy atom. The number of rotatable bonds is 5. The molecule has 2 aromatic carbocycles. The van der Waals surface area contributed by atoms with Crippen molar-refractivity contribution < 1.29 is 4.39 Å². The maximum Gasteiger partial charge on any atom is 0.123 e. The molecule has 0 N–H and O–H groups in total. The van der Waals surface area contributed by atoms with E-state index in [4.69, 9.17) is 0 Å². The molecule has 0 amide bonds. The van der Waals surface area contributed by atoms with Gasteiger partial charge in [-0.25, -0.2) is 4.39 Å². The lowest BCUT2D eigenvalue weighted by Crippen LogP contribution is -2.34. The van der Waals surface area contributed by atoms with Crippen LogP contribution in [0.15, 0.2) is 42.5 Å². The predicted octanol–water partition coefficient (Wildman–Crippen LogP) is 5.71. The van der Waals surface area contributed by atoms with Crippen LogP contribution < -0.4 is 0 Å². The van der Waals surface area contributed by atoms with Gasteiger partial charge in [-0.1, -0.05) is 62.2 Å². The summed E-state index contributed by atoms with van der Waals surface area (Å²) in [4.78, 5) is 0. The van der Waals surface area contributed by atoms with Crippen LogP contribution in [0.2, 0.25) is 0 Å². The minimum atomic E-state index is -0.168. The summed E-state index contributed by atoms with van der Waals surface area (Å²) >= 11 is 7.36. The second-order valence-corrected chi connectivity index (χ2v) is 6.73. The molecule has 0 spiro atoms. The van der Waals surface area contributed by atoms with E-state index in [1.165, 1.54) is 17.2 Å². The third-order valence-corrected chi connectivity index (χ3v) is 6.21. The van der Waals surface area contributed by atoms with Gasteiger partial charge in [-0.2, -0.15) is 0 Å². The third kappa shape index (κ3) is 3.57. The predicted molar refractivity (Wildman–Crippen MR) is 95.3 cm³/mol. The summed E-state index contributed by atoms with van der Waals surface area (Å²) in [6.45, 7) is 4.17. The SMILES string of the molecule is Cc1ccc(F)cc1CC(CBr)(CBr)c1ccccc1C. The summed E-state index contributed by atoms with van der Waals surface area (Å²) in [5.41, 5.74) is 4.70. The highest BCUT2D eigenvalue weighted by Crippen LogP contribution is 2.35. The van der Waals surface area contributed by atoms with Crippen molar-refractivity contribution in [1.29, 1.82) is 0 Å². The molecule has 0 saturated carbocycles. The summed E-state index contributed by atoms with van der Waals surface area (Å²) in [5.74, 6) is -0.168. The summed E-state index contributed by atoms with van der Waals surface area (Å²) in [7, 11) is 0. The van der Waals surface area contributed by atoms with E-state index in [1.54, 1.807) is 6.07 Å². The van der Waals surface area contributed by atoms with Crippen LogP contribution in [0.1, 0.15) is 22.3 Å². The van der Waals surface area contributed by atoms with E-state index >= 15 is 0 Å². The molecule has 0 bridgehead atoms. The van der Waals surface area contributed by atoms with Gasteiger partial charge < -0.3 is 0 Å². The van der Waals surface area contributed by atoms with E-state index in [-0.39, 0.29) is 11.2 Å². The summed E-state index contributed by atoms with van der Waals surface area (Å²) in [6.07, 6.45) is 0.804. The van der Waals surface area contributed by atoms with E-state index in [2.05, 4.69) is 63.0 Å². The second-order valence-electron chi connectivity index (χ2n) is 5.61. The van der Waals surface area contributed by atoms with Gasteiger partial charge in [0.25, 0.3) is 0 Å². The molecule has 0 heterocycles. The topological polar surface area (TPSA) is 0 Å². The minimum absolute atomic E-state index is 0.0795. The van der Waals surface area contributed by atoms with E-state index in [0.29, 0.717) is 0 Å². The van der Waals surface area contributed by atoms with E-state index in [0.717, 1.165) is 28.2 Å². The second kappa shape index (κ2) is 7.06. The average molecular weight is 414 g/mol. The molecule has 0 nitrogen and oxygen atoms in total. The van der Waals surface area contributed by atoms with Crippen LogP contribution >= 0.6 is 31.9 Å². The number of hydrogen-bond acceptors (Lipinski definition) is 0. The van der Waals surface area contributed by atoms with E-state index in [1.807, 2.05) is 13.0 Å². The Morgan fingerprint density at radius 2 is 1.62 bits per heavy atom. The lowest BCUT2D eigenvalue weighted by molar-refractivity contribution is 0.542. The molecule has 0 aliphatic carbocycles. The van der Waals surface area contributed by atoms with Crippen LogP contribution in [-0.2, 0) is 11.8 Å². The van der Waals surface area contributed by atoms with Gasteiger partial charge in [0.2, 0.25) is 0 Å². The molecular weight excluding hydrogens is 395 g/mol. The standard InChI is InChI=1S/C18H19Br2F/c1-13-7-8-16(21)9-15(13)10-18(11-19,12-20)17-6-4-3-5-14(17)2/h3-9H,10-12H2,1-2H3. The van der Waals surface area contributed by atoms with Crippen LogP contribution in [0, 0.1) is 19.7 Å². The highest BCUT2D eigenvalue weighted by atomic mass is 79.9. The third-order valence-electron chi connectivity index (χ3n) is 4.07. The largest absolute Gasteiger partial charge is 0.207 e. The average Bonchev–Trinajstić information content (AvgIpc) is 2.49. The highest BCUT2D eigenvalue weighted by Gasteiger charge is 2.32. The Balaban J connectivity index is 2.48. The van der Waals surface area contributed by atoms with Crippen molar-refractivity contribution in [2.75, 3.05) is 10.7 Å². The molecule has 21 heavy (non-hydrogen) atoms. The molecule has 0 unspecified atom stereocenters. The molecule has 2 rings (SSSR count). The molecule has 0 aromatic heterocycles. The Bertz CT molecular complexity index is 618. The zero-order valence-electron chi connectivity index (χ0n) is 12.3. The molecule has 0 saturated heterocycles. The lowest BCUT2D eigenvalue weighted by atomic mass is 9.76. The fourth-order valence-corrected chi connectivity index (χ4v) is 4.66. The van der Waals surface area contributed by atoms with Gasteiger partial charge >= 0.3 is 0 Å². The molecule has 112 valence electrons. The van der Waals surface area contributed by atoms with Crippen molar-refractivity contribution in [3.63, 3.8) is 0 Å². The van der Waals surface area contributed by atoms with Crippen molar-refractivity contribution in [1.82, 2.24) is 0 Å². The highest BCUT2D eigenvalue weighted by molar-refractivity contribution is 9.09. The van der Waals surface area contributed by atoms with Gasteiger partial charge in [-0.05, 0) is 54.7 Å². The minimum Gasteiger partial charge on any atom is -0.207 e. The van der Waals surface area contributed by atoms with Crippen LogP contribution in [0.25, 0.3) is 0 Å². The van der Waals surface area contributed by atoms with Crippen LogP contribution in [0.4, 0.5) is 4.39 Å². The zero-order chi connectivity index (χ0) is 15.5. The summed E-state index contributed by atoms with van der Waals surface area (Å²) in [6, 6.07) is 13.5. The van der Waals surface area contributed by atoms with Crippen LogP contribution in [-0.4, -0.2) is 10.7 Å². The van der Waals surface area contributed by atoms with Crippen molar-refractivity contribution >= 4 is 31.9 Å². The van der Waals surface area contributed by atoms with Gasteiger partial charge in [0.1, 0.15) is 5.82 Å². The molecule has 0 aliphatic heterocycles. The first-order chi connectivity index (χ1) is 10.0. The van der Waals surface area contributed by atoms with Gasteiger partial charge in [0, 0.05) is 16.1 Å². The van der Waals surface area contributed by atoms with Gasteiger partial charge in [-0.3, -0.25) is 0 Å². The number of hydrogen-bond donors (Lipinski definition) is 0. The fourth-order valence-electron chi connectivity index (χ4n) is 2.73. The van der Waals surface area contributed by atoms with Crippen LogP contribution in [0.5, 0.6) is 0 Å². The Labute approximate surface area is 143 Å². The fraction of sp³-hybridized carbons (Fsp3) is 0.333. The number of aryl methyl sites for hydroxylation is 2. The zero-order valence-corrected chi connectivity index (χ0v) is 15.5. The normalized spacial score (nSPS) is 11.7. The van der Waals surface area contributed by atoms with E-state index < -0.39 is 0 Å². The molecule has 0 aliphatic rings. The van der Waals surface area contributed by atoms with Gasteiger partial charge in [-0.15, -0.1) is 0 Å². The Hall–Kier alpha value is -0.670. The Morgan fingerprint density at radius 1 is 0.952 bits per heavy atom. The number of halogens is 3. The maximum absolute atomic E-state index is 13.6. The van der Waals surface area contributed by atoms with Crippen molar-refractivity contribution in [2.45, 2.75) is 25.7 Å². The summed E-state index contributed by atoms with van der Waals surface area (Å²) in [5, 5.41) is 1.65. The molecule has 0 fully saturated rings. The first-order valence-electron chi connectivity index (χ1n) is 6.95. The molecule has 2 aromatic rings. The van der Waals surface area contributed by atoms with Gasteiger partial charge in [0.05, 0.1) is 0 Å². The van der Waals surface area contributed by atoms with Crippen molar-refractivity contribution in [3.05, 3.63) is 70.5 Å². The quantitative estimate of drug-likeness (QED) is 0.550. The maximum atomic E-state index is 13.6. The smallest absolute Gasteiger partial charge is 0.123 e. The number of alkyl halides is 2.